The van der Waals surface area contributed by atoms with Crippen LogP contribution in [0.5, 0.6) is 11.5 Å². The van der Waals surface area contributed by atoms with Crippen molar-refractivity contribution in [2.45, 2.75) is 24.9 Å². The predicted molar refractivity (Wildman–Crippen MR) is 105 cm³/mol. The second-order valence-corrected chi connectivity index (χ2v) is 6.84. The Morgan fingerprint density at radius 1 is 1.15 bits per heavy atom. The molecule has 1 aliphatic carbocycles. The van der Waals surface area contributed by atoms with Crippen molar-refractivity contribution in [2.75, 3.05) is 20.8 Å². The molecular weight excluding hydrogens is 342 g/mol. The van der Waals surface area contributed by atoms with Crippen molar-refractivity contribution in [2.24, 2.45) is 0 Å². The van der Waals surface area contributed by atoms with Crippen LogP contribution in [0, 0.1) is 0 Å². The van der Waals surface area contributed by atoms with Gasteiger partial charge < -0.3 is 19.9 Å². The van der Waals surface area contributed by atoms with Gasteiger partial charge in [0.2, 0.25) is 5.91 Å². The van der Waals surface area contributed by atoms with E-state index in [1.165, 1.54) is 11.6 Å². The first-order chi connectivity index (χ1) is 13.0. The molecule has 0 saturated heterocycles. The summed E-state index contributed by atoms with van der Waals surface area (Å²) in [6.07, 6.45) is 5.19. The number of aryl methyl sites for hydroxylation is 1. The van der Waals surface area contributed by atoms with Crippen molar-refractivity contribution in [3.8, 4) is 11.5 Å². The normalized spacial score (nSPS) is 18.8. The first-order valence-electron chi connectivity index (χ1n) is 9.00. The molecule has 0 heterocycles. The fourth-order valence-electron chi connectivity index (χ4n) is 3.37. The molecule has 0 bridgehead atoms. The fraction of sp³-hybridized carbons (Fsp3) is 0.318. The average molecular weight is 367 g/mol. The third-order valence-electron chi connectivity index (χ3n) is 4.92. The van der Waals surface area contributed by atoms with Gasteiger partial charge in [0.05, 0.1) is 19.8 Å². The highest BCUT2D eigenvalue weighted by Crippen LogP contribution is 2.29. The molecule has 1 amide bonds. The van der Waals surface area contributed by atoms with Crippen LogP contribution < -0.4 is 14.8 Å². The molecule has 0 fully saturated rings. The van der Waals surface area contributed by atoms with Crippen LogP contribution >= 0.6 is 0 Å². The topological polar surface area (TPSA) is 67.8 Å². The van der Waals surface area contributed by atoms with E-state index in [0.29, 0.717) is 24.3 Å². The Hall–Kier alpha value is -2.79. The van der Waals surface area contributed by atoms with Gasteiger partial charge in [0.1, 0.15) is 0 Å². The lowest BCUT2D eigenvalue weighted by Gasteiger charge is -2.33. The van der Waals surface area contributed by atoms with Crippen molar-refractivity contribution in [1.29, 1.82) is 0 Å². The molecule has 27 heavy (non-hydrogen) atoms. The monoisotopic (exact) mass is 367 g/mol. The van der Waals surface area contributed by atoms with Crippen LogP contribution in [0.2, 0.25) is 0 Å². The lowest BCUT2D eigenvalue weighted by atomic mass is 9.80. The van der Waals surface area contributed by atoms with Gasteiger partial charge in [-0.25, -0.2) is 0 Å². The number of hydrogen-bond donors (Lipinski definition) is 2. The molecule has 2 N–H and O–H groups in total. The molecular formula is C22H25NO4. The standard InChI is InChI=1S/C22H25NO4/c1-26-19-9-7-16(13-20(19)27-2)8-10-21(24)23-15-22(25)12-11-17-5-3-4-6-18(17)14-22/h3-10,13,25H,11-12,14-15H2,1-2H3,(H,23,24)/b10-8+. The smallest absolute Gasteiger partial charge is 0.244 e. The summed E-state index contributed by atoms with van der Waals surface area (Å²) in [7, 11) is 3.15. The molecule has 3 rings (SSSR count). The minimum atomic E-state index is -0.902. The van der Waals surface area contributed by atoms with Crippen molar-refractivity contribution >= 4 is 12.0 Å². The minimum absolute atomic E-state index is 0.233. The van der Waals surface area contributed by atoms with Crippen molar-refractivity contribution in [3.05, 3.63) is 65.2 Å². The van der Waals surface area contributed by atoms with Gasteiger partial charge in [-0.05, 0) is 47.7 Å². The SMILES string of the molecule is COc1ccc(/C=C/C(=O)NCC2(O)CCc3ccccc3C2)cc1OC. The Balaban J connectivity index is 1.58. The van der Waals surface area contributed by atoms with Gasteiger partial charge in [0, 0.05) is 19.0 Å². The molecule has 142 valence electrons. The van der Waals surface area contributed by atoms with Crippen LogP contribution in [-0.4, -0.2) is 37.4 Å². The molecule has 5 nitrogen and oxygen atoms in total. The van der Waals surface area contributed by atoms with Crippen LogP contribution in [0.4, 0.5) is 0 Å². The summed E-state index contributed by atoms with van der Waals surface area (Å²) in [5.41, 5.74) is 2.36. The number of fused-ring (bicyclic) bond motifs is 1. The molecule has 0 aliphatic heterocycles. The van der Waals surface area contributed by atoms with Crippen molar-refractivity contribution in [3.63, 3.8) is 0 Å². The fourth-order valence-corrected chi connectivity index (χ4v) is 3.37. The highest BCUT2D eigenvalue weighted by Gasteiger charge is 2.32. The van der Waals surface area contributed by atoms with Gasteiger partial charge in [0.25, 0.3) is 0 Å². The second-order valence-electron chi connectivity index (χ2n) is 6.84. The minimum Gasteiger partial charge on any atom is -0.493 e. The lowest BCUT2D eigenvalue weighted by molar-refractivity contribution is -0.117. The van der Waals surface area contributed by atoms with Crippen LogP contribution in [-0.2, 0) is 17.6 Å². The number of benzene rings is 2. The Morgan fingerprint density at radius 2 is 1.89 bits per heavy atom. The first kappa shape index (κ1) is 19.0. The number of carbonyl (C=O) groups is 1. The lowest BCUT2D eigenvalue weighted by Crippen LogP contribution is -2.46. The first-order valence-corrected chi connectivity index (χ1v) is 9.00. The largest absolute Gasteiger partial charge is 0.493 e. The molecule has 0 saturated carbocycles. The average Bonchev–Trinajstić information content (AvgIpc) is 2.70. The predicted octanol–water partition coefficient (Wildman–Crippen LogP) is 2.75. The zero-order chi connectivity index (χ0) is 19.3. The van der Waals surface area contributed by atoms with E-state index in [2.05, 4.69) is 11.4 Å². The number of carbonyl (C=O) groups excluding carboxylic acids is 1. The van der Waals surface area contributed by atoms with E-state index < -0.39 is 5.60 Å². The van der Waals surface area contributed by atoms with Gasteiger partial charge in [0.15, 0.2) is 11.5 Å². The summed E-state index contributed by atoms with van der Waals surface area (Å²) < 4.78 is 10.5. The van der Waals surface area contributed by atoms with Crippen molar-refractivity contribution < 1.29 is 19.4 Å². The molecule has 1 atom stereocenters. The number of aliphatic hydroxyl groups is 1. The van der Waals surface area contributed by atoms with E-state index in [1.54, 1.807) is 32.4 Å². The number of rotatable bonds is 6. The molecule has 2 aromatic rings. The van der Waals surface area contributed by atoms with Gasteiger partial charge in [-0.1, -0.05) is 30.3 Å². The Bertz CT molecular complexity index is 846. The summed E-state index contributed by atoms with van der Waals surface area (Å²) in [6.45, 7) is 0.233. The van der Waals surface area contributed by atoms with E-state index in [0.717, 1.165) is 17.5 Å². The molecule has 0 aromatic heterocycles. The molecule has 5 heteroatoms. The number of nitrogens with one attached hydrogen (secondary N) is 1. The van der Waals surface area contributed by atoms with Gasteiger partial charge in [-0.2, -0.15) is 0 Å². The molecule has 1 unspecified atom stereocenters. The number of hydrogen-bond acceptors (Lipinski definition) is 4. The zero-order valence-corrected chi connectivity index (χ0v) is 15.7. The van der Waals surface area contributed by atoms with Gasteiger partial charge >= 0.3 is 0 Å². The van der Waals surface area contributed by atoms with E-state index in [1.807, 2.05) is 24.3 Å². The Labute approximate surface area is 159 Å². The van der Waals surface area contributed by atoms with E-state index in [9.17, 15) is 9.90 Å². The maximum Gasteiger partial charge on any atom is 0.244 e. The summed E-state index contributed by atoms with van der Waals surface area (Å²) in [4.78, 5) is 12.2. The summed E-state index contributed by atoms with van der Waals surface area (Å²) in [6, 6.07) is 13.6. The second kappa shape index (κ2) is 8.27. The van der Waals surface area contributed by atoms with E-state index >= 15 is 0 Å². The third-order valence-corrected chi connectivity index (χ3v) is 4.92. The summed E-state index contributed by atoms with van der Waals surface area (Å²) >= 11 is 0. The Kier molecular flexibility index (Phi) is 5.81. The van der Waals surface area contributed by atoms with Crippen LogP contribution in [0.1, 0.15) is 23.1 Å². The number of methoxy groups -OCH3 is 2. The van der Waals surface area contributed by atoms with E-state index in [-0.39, 0.29) is 12.5 Å². The van der Waals surface area contributed by atoms with Crippen LogP contribution in [0.3, 0.4) is 0 Å². The molecule has 0 spiro atoms. The molecule has 2 aromatic carbocycles. The van der Waals surface area contributed by atoms with E-state index in [4.69, 9.17) is 9.47 Å². The Morgan fingerprint density at radius 3 is 2.63 bits per heavy atom. The zero-order valence-electron chi connectivity index (χ0n) is 15.7. The van der Waals surface area contributed by atoms with Gasteiger partial charge in [-0.3, -0.25) is 4.79 Å². The van der Waals surface area contributed by atoms with Crippen LogP contribution in [0.15, 0.2) is 48.5 Å². The number of ether oxygens (including phenoxy) is 2. The third kappa shape index (κ3) is 4.68. The van der Waals surface area contributed by atoms with Crippen LogP contribution in [0.25, 0.3) is 6.08 Å². The van der Waals surface area contributed by atoms with Crippen molar-refractivity contribution in [1.82, 2.24) is 5.32 Å². The summed E-state index contributed by atoms with van der Waals surface area (Å²) in [5.74, 6) is 1.01. The molecule has 1 aliphatic rings. The number of amides is 1. The maximum absolute atomic E-state index is 12.2. The summed E-state index contributed by atoms with van der Waals surface area (Å²) in [5, 5.41) is 13.6. The highest BCUT2D eigenvalue weighted by atomic mass is 16.5. The maximum atomic E-state index is 12.2. The van der Waals surface area contributed by atoms with Gasteiger partial charge in [-0.15, -0.1) is 0 Å². The highest BCUT2D eigenvalue weighted by molar-refractivity contribution is 5.91. The molecule has 0 radical (unpaired) electrons. The quantitative estimate of drug-likeness (QED) is 0.771.